The van der Waals surface area contributed by atoms with Crippen LogP contribution in [0.1, 0.15) is 31.7 Å². The van der Waals surface area contributed by atoms with E-state index in [2.05, 4.69) is 11.9 Å². The average molecular weight is 316 g/mol. The molecule has 0 saturated heterocycles. The summed E-state index contributed by atoms with van der Waals surface area (Å²) < 4.78 is 19.5. The van der Waals surface area contributed by atoms with Crippen LogP contribution in [0.25, 0.3) is 16.5 Å². The van der Waals surface area contributed by atoms with Crippen LogP contribution < -0.4 is 0 Å². The lowest BCUT2D eigenvalue weighted by Crippen LogP contribution is -2.35. The Labute approximate surface area is 134 Å². The lowest BCUT2D eigenvalue weighted by molar-refractivity contribution is 0.105. The number of ether oxygens (including phenoxy) is 1. The molecule has 5 heteroatoms. The molecule has 0 fully saturated rings. The highest BCUT2D eigenvalue weighted by Gasteiger charge is 2.20. The van der Waals surface area contributed by atoms with Gasteiger partial charge in [0.1, 0.15) is 5.82 Å². The van der Waals surface area contributed by atoms with Crippen molar-refractivity contribution in [1.82, 2.24) is 9.88 Å². The number of rotatable bonds is 4. The van der Waals surface area contributed by atoms with Crippen molar-refractivity contribution in [2.24, 2.45) is 0 Å². The monoisotopic (exact) mass is 316 g/mol. The standard InChI is InChI=1S/C18H21FN2O2/c1-2-3-10-23-18(22)21-8-5-13(6-9-21)15-11-14-4-7-20-17(14)12-16(15)19/h4-5,7,11-12,20H,2-3,6,8-10H2,1H3. The summed E-state index contributed by atoms with van der Waals surface area (Å²) >= 11 is 0. The van der Waals surface area contributed by atoms with Crippen LogP contribution in [-0.4, -0.2) is 35.7 Å². The van der Waals surface area contributed by atoms with E-state index < -0.39 is 0 Å². The zero-order valence-electron chi connectivity index (χ0n) is 13.3. The normalized spacial score (nSPS) is 14.9. The fraction of sp³-hybridized carbons (Fsp3) is 0.389. The molecule has 1 aliphatic heterocycles. The van der Waals surface area contributed by atoms with Gasteiger partial charge < -0.3 is 14.6 Å². The molecule has 0 bridgehead atoms. The predicted octanol–water partition coefficient (Wildman–Crippen LogP) is 4.33. The lowest BCUT2D eigenvalue weighted by atomic mass is 9.98. The molecular weight excluding hydrogens is 295 g/mol. The molecule has 122 valence electrons. The van der Waals surface area contributed by atoms with Gasteiger partial charge in [0.25, 0.3) is 0 Å². The van der Waals surface area contributed by atoms with E-state index in [0.717, 1.165) is 29.3 Å². The molecular formula is C18H21FN2O2. The first-order chi connectivity index (χ1) is 11.2. The third kappa shape index (κ3) is 3.38. The first kappa shape index (κ1) is 15.6. The molecule has 2 heterocycles. The Morgan fingerprint density at radius 2 is 2.30 bits per heavy atom. The second-order valence-corrected chi connectivity index (χ2v) is 5.79. The van der Waals surface area contributed by atoms with Crippen molar-refractivity contribution in [1.29, 1.82) is 0 Å². The number of aromatic nitrogens is 1. The zero-order valence-corrected chi connectivity index (χ0v) is 13.3. The second kappa shape index (κ2) is 6.86. The summed E-state index contributed by atoms with van der Waals surface area (Å²) in [4.78, 5) is 16.6. The number of H-pyrrole nitrogens is 1. The first-order valence-corrected chi connectivity index (χ1v) is 8.06. The first-order valence-electron chi connectivity index (χ1n) is 8.06. The molecule has 3 rings (SSSR count). The van der Waals surface area contributed by atoms with Gasteiger partial charge in [-0.25, -0.2) is 9.18 Å². The number of benzene rings is 1. The molecule has 1 N–H and O–H groups in total. The zero-order chi connectivity index (χ0) is 16.2. The van der Waals surface area contributed by atoms with Crippen LogP contribution in [0.2, 0.25) is 0 Å². The summed E-state index contributed by atoms with van der Waals surface area (Å²) in [7, 11) is 0. The smallest absolute Gasteiger partial charge is 0.410 e. The Balaban J connectivity index is 1.70. The van der Waals surface area contributed by atoms with Gasteiger partial charge in [0.15, 0.2) is 0 Å². The van der Waals surface area contributed by atoms with Crippen molar-refractivity contribution >= 4 is 22.6 Å². The highest BCUT2D eigenvalue weighted by atomic mass is 19.1. The van der Waals surface area contributed by atoms with E-state index in [1.54, 1.807) is 11.1 Å². The summed E-state index contributed by atoms with van der Waals surface area (Å²) in [5, 5.41) is 0.990. The molecule has 1 aliphatic rings. The Hall–Kier alpha value is -2.30. The summed E-state index contributed by atoms with van der Waals surface area (Å²) in [6.45, 7) is 3.53. The third-order valence-electron chi connectivity index (χ3n) is 4.18. The van der Waals surface area contributed by atoms with E-state index >= 15 is 0 Å². The molecule has 1 aromatic heterocycles. The van der Waals surface area contributed by atoms with Gasteiger partial charge in [-0.3, -0.25) is 0 Å². The van der Waals surface area contributed by atoms with Gasteiger partial charge in [-0.2, -0.15) is 0 Å². The number of halogens is 1. The van der Waals surface area contributed by atoms with Gasteiger partial charge in [0.2, 0.25) is 0 Å². The summed E-state index contributed by atoms with van der Waals surface area (Å²) in [6, 6.07) is 5.32. The topological polar surface area (TPSA) is 45.3 Å². The number of hydrogen-bond donors (Lipinski definition) is 1. The maximum absolute atomic E-state index is 14.3. The molecule has 1 amide bonds. The minimum Gasteiger partial charge on any atom is -0.449 e. The Morgan fingerprint density at radius 1 is 1.43 bits per heavy atom. The highest BCUT2D eigenvalue weighted by molar-refractivity contribution is 5.84. The fourth-order valence-electron chi connectivity index (χ4n) is 2.79. The fourth-order valence-corrected chi connectivity index (χ4v) is 2.79. The minimum absolute atomic E-state index is 0.231. The number of unbranched alkanes of at least 4 members (excludes halogenated alkanes) is 1. The van der Waals surface area contributed by atoms with Crippen molar-refractivity contribution in [3.8, 4) is 0 Å². The summed E-state index contributed by atoms with van der Waals surface area (Å²) in [5.74, 6) is -0.231. The number of nitrogens with one attached hydrogen (secondary N) is 1. The van der Waals surface area contributed by atoms with E-state index in [1.165, 1.54) is 6.07 Å². The van der Waals surface area contributed by atoms with E-state index in [1.807, 2.05) is 18.2 Å². The van der Waals surface area contributed by atoms with E-state index in [0.29, 0.717) is 31.7 Å². The van der Waals surface area contributed by atoms with Crippen LogP contribution in [0.4, 0.5) is 9.18 Å². The van der Waals surface area contributed by atoms with Crippen molar-refractivity contribution in [2.45, 2.75) is 26.2 Å². The van der Waals surface area contributed by atoms with E-state index in [4.69, 9.17) is 4.74 Å². The number of carbonyl (C=O) groups excluding carboxylic acids is 1. The molecule has 0 radical (unpaired) electrons. The number of amides is 1. The lowest BCUT2D eigenvalue weighted by Gasteiger charge is -2.26. The van der Waals surface area contributed by atoms with Crippen molar-refractivity contribution < 1.29 is 13.9 Å². The maximum Gasteiger partial charge on any atom is 0.410 e. The Kier molecular flexibility index (Phi) is 4.65. The Morgan fingerprint density at radius 3 is 3.04 bits per heavy atom. The minimum atomic E-state index is -0.282. The molecule has 2 aromatic rings. The quantitative estimate of drug-likeness (QED) is 0.853. The van der Waals surface area contributed by atoms with Crippen LogP contribution in [-0.2, 0) is 4.74 Å². The van der Waals surface area contributed by atoms with Crippen LogP contribution in [0.5, 0.6) is 0 Å². The third-order valence-corrected chi connectivity index (χ3v) is 4.18. The number of hydrogen-bond acceptors (Lipinski definition) is 2. The van der Waals surface area contributed by atoms with Crippen LogP contribution in [0.15, 0.2) is 30.5 Å². The number of carbonyl (C=O) groups is 1. The van der Waals surface area contributed by atoms with Gasteiger partial charge in [0, 0.05) is 35.8 Å². The van der Waals surface area contributed by atoms with E-state index in [9.17, 15) is 9.18 Å². The van der Waals surface area contributed by atoms with E-state index in [-0.39, 0.29) is 11.9 Å². The number of fused-ring (bicyclic) bond motifs is 1. The molecule has 0 unspecified atom stereocenters. The predicted molar refractivity (Wildman–Crippen MR) is 88.7 cm³/mol. The van der Waals surface area contributed by atoms with Crippen molar-refractivity contribution in [2.75, 3.05) is 19.7 Å². The summed E-state index contributed by atoms with van der Waals surface area (Å²) in [6.07, 6.45) is 5.95. The summed E-state index contributed by atoms with van der Waals surface area (Å²) in [5.41, 5.74) is 2.36. The van der Waals surface area contributed by atoms with Gasteiger partial charge in [-0.05, 0) is 36.6 Å². The van der Waals surface area contributed by atoms with Crippen LogP contribution in [0.3, 0.4) is 0 Å². The second-order valence-electron chi connectivity index (χ2n) is 5.79. The molecule has 0 atom stereocenters. The Bertz CT molecular complexity index is 736. The highest BCUT2D eigenvalue weighted by Crippen LogP contribution is 2.28. The largest absolute Gasteiger partial charge is 0.449 e. The molecule has 0 aliphatic carbocycles. The molecule has 0 spiro atoms. The molecule has 4 nitrogen and oxygen atoms in total. The number of nitrogens with zero attached hydrogens (tertiary/aromatic N) is 1. The van der Waals surface area contributed by atoms with Crippen molar-refractivity contribution in [3.63, 3.8) is 0 Å². The molecule has 1 aromatic carbocycles. The van der Waals surface area contributed by atoms with Crippen LogP contribution >= 0.6 is 0 Å². The van der Waals surface area contributed by atoms with Gasteiger partial charge in [0.05, 0.1) is 6.61 Å². The van der Waals surface area contributed by atoms with Gasteiger partial charge in [-0.1, -0.05) is 19.4 Å². The average Bonchev–Trinajstić information content (AvgIpc) is 3.01. The van der Waals surface area contributed by atoms with Crippen LogP contribution in [0, 0.1) is 5.82 Å². The molecule has 23 heavy (non-hydrogen) atoms. The SMILES string of the molecule is CCCCOC(=O)N1CC=C(c2cc3cc[nH]c3cc2F)CC1. The maximum atomic E-state index is 14.3. The molecule has 0 saturated carbocycles. The van der Waals surface area contributed by atoms with Gasteiger partial charge in [-0.15, -0.1) is 0 Å². The van der Waals surface area contributed by atoms with Gasteiger partial charge >= 0.3 is 6.09 Å². The number of aromatic amines is 1. The van der Waals surface area contributed by atoms with Crippen molar-refractivity contribution in [3.05, 3.63) is 41.9 Å².